The molecule has 1 heterocycles. The third-order valence-corrected chi connectivity index (χ3v) is 4.92. The standard InChI is InChI=1S/C13H17ClO4S/c1-9-10(2)13(19(14,15)16)4-3-12(9)18-8-11-5-6-17-7-11/h3-4,11H,5-8H2,1-2H3. The molecule has 0 radical (unpaired) electrons. The minimum absolute atomic E-state index is 0.142. The second-order valence-corrected chi connectivity index (χ2v) is 7.32. The van der Waals surface area contributed by atoms with Crippen LogP contribution in [-0.4, -0.2) is 28.2 Å². The predicted octanol–water partition coefficient (Wildman–Crippen LogP) is 2.65. The summed E-state index contributed by atoms with van der Waals surface area (Å²) in [5.74, 6) is 1.12. The van der Waals surface area contributed by atoms with Gasteiger partial charge in [-0.05, 0) is 43.5 Å². The molecule has 6 heteroatoms. The third kappa shape index (κ3) is 3.41. The Hall–Kier alpha value is -0.780. The molecule has 19 heavy (non-hydrogen) atoms. The minimum atomic E-state index is -3.71. The molecule has 2 rings (SSSR count). The van der Waals surface area contributed by atoms with E-state index < -0.39 is 9.05 Å². The van der Waals surface area contributed by atoms with Crippen molar-refractivity contribution in [2.24, 2.45) is 5.92 Å². The highest BCUT2D eigenvalue weighted by Gasteiger charge is 2.19. The van der Waals surface area contributed by atoms with Gasteiger partial charge in [0.25, 0.3) is 9.05 Å². The molecule has 0 aliphatic carbocycles. The summed E-state index contributed by atoms with van der Waals surface area (Å²) >= 11 is 0. The van der Waals surface area contributed by atoms with Crippen molar-refractivity contribution in [1.82, 2.24) is 0 Å². The van der Waals surface area contributed by atoms with Crippen molar-refractivity contribution in [1.29, 1.82) is 0 Å². The van der Waals surface area contributed by atoms with Gasteiger partial charge in [-0.2, -0.15) is 0 Å². The summed E-state index contributed by atoms with van der Waals surface area (Å²) in [5.41, 5.74) is 1.44. The normalized spacial score (nSPS) is 19.6. The van der Waals surface area contributed by atoms with E-state index in [0.29, 0.717) is 23.8 Å². The van der Waals surface area contributed by atoms with E-state index in [9.17, 15) is 8.42 Å². The summed E-state index contributed by atoms with van der Waals surface area (Å²) in [4.78, 5) is 0.142. The molecule has 1 fully saturated rings. The molecule has 0 saturated carbocycles. The molecule has 1 aliphatic heterocycles. The monoisotopic (exact) mass is 304 g/mol. The smallest absolute Gasteiger partial charge is 0.261 e. The average molecular weight is 305 g/mol. The first-order valence-electron chi connectivity index (χ1n) is 6.15. The van der Waals surface area contributed by atoms with Gasteiger partial charge in [0.15, 0.2) is 0 Å². The summed E-state index contributed by atoms with van der Waals surface area (Å²) in [6.45, 7) is 5.67. The SMILES string of the molecule is Cc1c(OCC2CCOC2)ccc(S(=O)(=O)Cl)c1C. The fourth-order valence-electron chi connectivity index (χ4n) is 2.11. The Morgan fingerprint density at radius 2 is 2.11 bits per heavy atom. The van der Waals surface area contributed by atoms with Gasteiger partial charge in [-0.1, -0.05) is 0 Å². The van der Waals surface area contributed by atoms with Gasteiger partial charge in [-0.3, -0.25) is 0 Å². The predicted molar refractivity (Wildman–Crippen MR) is 73.4 cm³/mol. The van der Waals surface area contributed by atoms with Crippen LogP contribution in [0.3, 0.4) is 0 Å². The second-order valence-electron chi connectivity index (χ2n) is 4.79. The van der Waals surface area contributed by atoms with Crippen LogP contribution in [0.5, 0.6) is 5.75 Å². The zero-order chi connectivity index (χ0) is 14.0. The van der Waals surface area contributed by atoms with Crippen LogP contribution < -0.4 is 4.74 Å². The molecular weight excluding hydrogens is 288 g/mol. The lowest BCUT2D eigenvalue weighted by Gasteiger charge is -2.15. The first-order valence-corrected chi connectivity index (χ1v) is 8.46. The van der Waals surface area contributed by atoms with Gasteiger partial charge in [0.2, 0.25) is 0 Å². The third-order valence-electron chi connectivity index (χ3n) is 3.45. The maximum absolute atomic E-state index is 11.4. The van der Waals surface area contributed by atoms with Crippen molar-refractivity contribution in [2.45, 2.75) is 25.2 Å². The van der Waals surface area contributed by atoms with Crippen LogP contribution in [0.2, 0.25) is 0 Å². The first-order chi connectivity index (χ1) is 8.89. The second kappa shape index (κ2) is 5.69. The Bertz CT molecular complexity index is 562. The lowest BCUT2D eigenvalue weighted by atomic mass is 10.1. The van der Waals surface area contributed by atoms with Crippen molar-refractivity contribution < 1.29 is 17.9 Å². The van der Waals surface area contributed by atoms with E-state index in [1.54, 1.807) is 13.0 Å². The number of halogens is 1. The van der Waals surface area contributed by atoms with E-state index in [-0.39, 0.29) is 4.90 Å². The molecule has 0 aromatic heterocycles. The molecule has 1 saturated heterocycles. The van der Waals surface area contributed by atoms with Crippen LogP contribution >= 0.6 is 10.7 Å². The molecule has 1 aliphatic rings. The zero-order valence-corrected chi connectivity index (χ0v) is 12.6. The highest BCUT2D eigenvalue weighted by molar-refractivity contribution is 8.13. The van der Waals surface area contributed by atoms with E-state index in [0.717, 1.165) is 25.2 Å². The number of rotatable bonds is 4. The summed E-state index contributed by atoms with van der Waals surface area (Å²) in [5, 5.41) is 0. The van der Waals surface area contributed by atoms with Crippen LogP contribution in [0.15, 0.2) is 17.0 Å². The Kier molecular flexibility index (Phi) is 4.38. The van der Waals surface area contributed by atoms with Crippen LogP contribution in [0, 0.1) is 19.8 Å². The maximum Gasteiger partial charge on any atom is 0.261 e. The maximum atomic E-state index is 11.4. The highest BCUT2D eigenvalue weighted by atomic mass is 35.7. The minimum Gasteiger partial charge on any atom is -0.493 e. The van der Waals surface area contributed by atoms with Gasteiger partial charge in [0.05, 0.1) is 18.1 Å². The van der Waals surface area contributed by atoms with E-state index in [1.807, 2.05) is 6.92 Å². The van der Waals surface area contributed by atoms with Crippen LogP contribution in [0.25, 0.3) is 0 Å². The molecule has 0 N–H and O–H groups in total. The molecule has 106 valence electrons. The van der Waals surface area contributed by atoms with Gasteiger partial charge in [0.1, 0.15) is 5.75 Å². The van der Waals surface area contributed by atoms with Crippen molar-refractivity contribution in [2.75, 3.05) is 19.8 Å². The van der Waals surface area contributed by atoms with E-state index in [1.165, 1.54) is 6.07 Å². The molecule has 0 bridgehead atoms. The number of ether oxygens (including phenoxy) is 2. The van der Waals surface area contributed by atoms with Gasteiger partial charge in [-0.15, -0.1) is 0 Å². The molecule has 1 aromatic rings. The van der Waals surface area contributed by atoms with Gasteiger partial charge in [-0.25, -0.2) is 8.42 Å². The van der Waals surface area contributed by atoms with Gasteiger partial charge in [0, 0.05) is 23.2 Å². The Morgan fingerprint density at radius 1 is 1.37 bits per heavy atom. The molecule has 0 amide bonds. The number of benzene rings is 1. The molecule has 4 nitrogen and oxygen atoms in total. The lowest BCUT2D eigenvalue weighted by molar-refractivity contribution is 0.167. The van der Waals surface area contributed by atoms with Crippen LogP contribution in [-0.2, 0) is 13.8 Å². The molecule has 1 aromatic carbocycles. The molecule has 0 spiro atoms. The topological polar surface area (TPSA) is 52.6 Å². The molecular formula is C13H17ClO4S. The van der Waals surface area contributed by atoms with E-state index in [4.69, 9.17) is 20.2 Å². The van der Waals surface area contributed by atoms with Crippen LogP contribution in [0.4, 0.5) is 0 Å². The molecule has 1 unspecified atom stereocenters. The molecule has 1 atom stereocenters. The summed E-state index contributed by atoms with van der Waals surface area (Å²) in [6, 6.07) is 3.15. The van der Waals surface area contributed by atoms with Crippen molar-refractivity contribution in [3.63, 3.8) is 0 Å². The summed E-state index contributed by atoms with van der Waals surface area (Å²) in [7, 11) is 1.68. The van der Waals surface area contributed by atoms with Gasteiger partial charge < -0.3 is 9.47 Å². The van der Waals surface area contributed by atoms with Crippen LogP contribution in [0.1, 0.15) is 17.5 Å². The average Bonchev–Trinajstić information content (AvgIpc) is 2.82. The fourth-order valence-corrected chi connectivity index (χ4v) is 3.36. The quantitative estimate of drug-likeness (QED) is 0.803. The first kappa shape index (κ1) is 14.6. The Labute approximate surface area is 118 Å². The number of hydrogen-bond acceptors (Lipinski definition) is 4. The Morgan fingerprint density at radius 3 is 2.68 bits per heavy atom. The van der Waals surface area contributed by atoms with Crippen molar-refractivity contribution in [3.05, 3.63) is 23.3 Å². The largest absolute Gasteiger partial charge is 0.493 e. The number of hydrogen-bond donors (Lipinski definition) is 0. The highest BCUT2D eigenvalue weighted by Crippen LogP contribution is 2.29. The summed E-state index contributed by atoms with van der Waals surface area (Å²) in [6.07, 6.45) is 1.01. The lowest BCUT2D eigenvalue weighted by Crippen LogP contribution is -2.12. The van der Waals surface area contributed by atoms with E-state index >= 15 is 0 Å². The van der Waals surface area contributed by atoms with Gasteiger partial charge >= 0.3 is 0 Å². The summed E-state index contributed by atoms with van der Waals surface area (Å²) < 4.78 is 33.8. The van der Waals surface area contributed by atoms with E-state index in [2.05, 4.69) is 0 Å². The fraction of sp³-hybridized carbons (Fsp3) is 0.538. The Balaban J connectivity index is 2.16. The zero-order valence-electron chi connectivity index (χ0n) is 11.0. The van der Waals surface area contributed by atoms with Crippen molar-refractivity contribution >= 4 is 19.7 Å². The van der Waals surface area contributed by atoms with Crippen molar-refractivity contribution in [3.8, 4) is 5.75 Å².